The van der Waals surface area contributed by atoms with E-state index in [1.807, 2.05) is 6.92 Å². The van der Waals surface area contributed by atoms with E-state index < -0.39 is 24.5 Å². The number of esters is 1. The van der Waals surface area contributed by atoms with Crippen LogP contribution in [0.25, 0.3) is 0 Å². The summed E-state index contributed by atoms with van der Waals surface area (Å²) in [7, 11) is 0. The van der Waals surface area contributed by atoms with E-state index in [0.29, 0.717) is 6.42 Å². The van der Waals surface area contributed by atoms with Gasteiger partial charge in [0.05, 0.1) is 6.61 Å². The normalized spacial score (nSPS) is 14.9. The number of alkyl halides is 2. The van der Waals surface area contributed by atoms with Gasteiger partial charge in [-0.25, -0.2) is 8.78 Å². The molecule has 4 nitrogen and oxygen atoms in total. The fourth-order valence-electron chi connectivity index (χ4n) is 1.19. The SMILES string of the molecule is CCCC(NCC(O)C(F)F)C(=O)OCC. The van der Waals surface area contributed by atoms with Crippen molar-refractivity contribution in [1.82, 2.24) is 5.32 Å². The van der Waals surface area contributed by atoms with Crippen molar-refractivity contribution in [3.05, 3.63) is 0 Å². The number of carbonyl (C=O) groups is 1. The van der Waals surface area contributed by atoms with Gasteiger partial charge in [0.25, 0.3) is 6.43 Å². The maximum Gasteiger partial charge on any atom is 0.323 e. The summed E-state index contributed by atoms with van der Waals surface area (Å²) in [5.74, 6) is -0.467. The van der Waals surface area contributed by atoms with Crippen LogP contribution in [0.15, 0.2) is 0 Å². The largest absolute Gasteiger partial charge is 0.465 e. The average molecular weight is 239 g/mol. The van der Waals surface area contributed by atoms with Gasteiger partial charge >= 0.3 is 5.97 Å². The van der Waals surface area contributed by atoms with Gasteiger partial charge in [-0.15, -0.1) is 0 Å². The topological polar surface area (TPSA) is 58.6 Å². The number of nitrogens with one attached hydrogen (secondary N) is 1. The second-order valence-corrected chi connectivity index (χ2v) is 3.40. The quantitative estimate of drug-likeness (QED) is 0.619. The minimum atomic E-state index is -2.81. The first kappa shape index (κ1) is 15.2. The van der Waals surface area contributed by atoms with Crippen LogP contribution >= 0.6 is 0 Å². The molecule has 0 aliphatic rings. The molecule has 96 valence electrons. The molecule has 0 aromatic rings. The lowest BCUT2D eigenvalue weighted by molar-refractivity contribution is -0.146. The summed E-state index contributed by atoms with van der Waals surface area (Å²) in [6, 6.07) is -0.627. The molecule has 0 spiro atoms. The van der Waals surface area contributed by atoms with E-state index in [1.165, 1.54) is 0 Å². The standard InChI is InChI=1S/C10H19F2NO3/c1-3-5-7(10(15)16-4-2)13-6-8(14)9(11)12/h7-9,13-14H,3-6H2,1-2H3. The number of carbonyl (C=O) groups excluding carboxylic acids is 1. The lowest BCUT2D eigenvalue weighted by atomic mass is 10.1. The van der Waals surface area contributed by atoms with E-state index in [9.17, 15) is 13.6 Å². The molecule has 16 heavy (non-hydrogen) atoms. The van der Waals surface area contributed by atoms with E-state index >= 15 is 0 Å². The van der Waals surface area contributed by atoms with Crippen molar-refractivity contribution in [2.75, 3.05) is 13.2 Å². The number of aliphatic hydroxyl groups excluding tert-OH is 1. The van der Waals surface area contributed by atoms with Crippen LogP contribution in [0.3, 0.4) is 0 Å². The van der Waals surface area contributed by atoms with Crippen LogP contribution in [-0.4, -0.2) is 42.8 Å². The lowest BCUT2D eigenvalue weighted by Gasteiger charge is -2.18. The first-order chi connectivity index (χ1) is 7.52. The van der Waals surface area contributed by atoms with E-state index in [1.54, 1.807) is 6.92 Å². The third kappa shape index (κ3) is 5.97. The fourth-order valence-corrected chi connectivity index (χ4v) is 1.19. The highest BCUT2D eigenvalue weighted by molar-refractivity contribution is 5.75. The zero-order valence-electron chi connectivity index (χ0n) is 9.58. The summed E-state index contributed by atoms with van der Waals surface area (Å²) < 4.78 is 28.8. The van der Waals surface area contributed by atoms with Crippen molar-refractivity contribution in [1.29, 1.82) is 0 Å². The zero-order valence-corrected chi connectivity index (χ0v) is 9.58. The Morgan fingerprint density at radius 1 is 1.44 bits per heavy atom. The highest BCUT2D eigenvalue weighted by Crippen LogP contribution is 2.03. The molecule has 0 aromatic carbocycles. The predicted octanol–water partition coefficient (Wildman–Crippen LogP) is 0.934. The maximum absolute atomic E-state index is 12.0. The number of halogens is 2. The van der Waals surface area contributed by atoms with Crippen LogP contribution < -0.4 is 5.32 Å². The van der Waals surface area contributed by atoms with Crippen molar-refractivity contribution < 1.29 is 23.4 Å². The second kappa shape index (κ2) is 8.41. The van der Waals surface area contributed by atoms with Crippen molar-refractivity contribution >= 4 is 5.97 Å². The monoisotopic (exact) mass is 239 g/mol. The van der Waals surface area contributed by atoms with Crippen LogP contribution in [0.5, 0.6) is 0 Å². The van der Waals surface area contributed by atoms with E-state index in [-0.39, 0.29) is 13.2 Å². The zero-order chi connectivity index (χ0) is 12.6. The molecule has 0 fully saturated rings. The Kier molecular flexibility index (Phi) is 8.01. The molecular formula is C10H19F2NO3. The minimum Gasteiger partial charge on any atom is -0.465 e. The van der Waals surface area contributed by atoms with E-state index in [0.717, 1.165) is 6.42 Å². The molecule has 0 heterocycles. The number of ether oxygens (including phenoxy) is 1. The first-order valence-corrected chi connectivity index (χ1v) is 5.39. The molecule has 0 saturated heterocycles. The van der Waals surface area contributed by atoms with Gasteiger partial charge in [0, 0.05) is 6.54 Å². The smallest absolute Gasteiger partial charge is 0.323 e. The summed E-state index contributed by atoms with van der Waals surface area (Å²) in [6.07, 6.45) is -3.35. The molecule has 6 heteroatoms. The number of hydrogen-bond donors (Lipinski definition) is 2. The third-order valence-electron chi connectivity index (χ3n) is 2.01. The van der Waals surface area contributed by atoms with Crippen LogP contribution in [-0.2, 0) is 9.53 Å². The van der Waals surface area contributed by atoms with Crippen LogP contribution in [0, 0.1) is 0 Å². The predicted molar refractivity (Wildman–Crippen MR) is 55.3 cm³/mol. The van der Waals surface area contributed by atoms with Gasteiger partial charge < -0.3 is 15.2 Å². The van der Waals surface area contributed by atoms with Gasteiger partial charge in [0.15, 0.2) is 0 Å². The average Bonchev–Trinajstić information content (AvgIpc) is 2.23. The first-order valence-electron chi connectivity index (χ1n) is 5.39. The molecule has 0 aliphatic heterocycles. The highest BCUT2D eigenvalue weighted by Gasteiger charge is 2.22. The Hall–Kier alpha value is -0.750. The summed E-state index contributed by atoms with van der Waals surface area (Å²) in [6.45, 7) is 3.48. The molecule has 0 amide bonds. The van der Waals surface area contributed by atoms with Gasteiger partial charge in [-0.05, 0) is 13.3 Å². The van der Waals surface area contributed by atoms with Crippen molar-refractivity contribution in [2.45, 2.75) is 45.3 Å². The van der Waals surface area contributed by atoms with Crippen LogP contribution in [0.2, 0.25) is 0 Å². The molecule has 0 radical (unpaired) electrons. The van der Waals surface area contributed by atoms with Gasteiger partial charge in [-0.3, -0.25) is 4.79 Å². The lowest BCUT2D eigenvalue weighted by Crippen LogP contribution is -2.43. The second-order valence-electron chi connectivity index (χ2n) is 3.40. The van der Waals surface area contributed by atoms with Gasteiger partial charge in [-0.1, -0.05) is 13.3 Å². The number of hydrogen-bond acceptors (Lipinski definition) is 4. The molecular weight excluding hydrogens is 220 g/mol. The van der Waals surface area contributed by atoms with Crippen LogP contribution in [0.1, 0.15) is 26.7 Å². The summed E-state index contributed by atoms with van der Waals surface area (Å²) in [5, 5.41) is 11.5. The van der Waals surface area contributed by atoms with Gasteiger partial charge in [-0.2, -0.15) is 0 Å². The van der Waals surface area contributed by atoms with Crippen molar-refractivity contribution in [2.24, 2.45) is 0 Å². The Morgan fingerprint density at radius 3 is 2.50 bits per heavy atom. The Labute approximate surface area is 94.0 Å². The molecule has 2 unspecified atom stereocenters. The van der Waals surface area contributed by atoms with Crippen molar-refractivity contribution in [3.63, 3.8) is 0 Å². The highest BCUT2D eigenvalue weighted by atomic mass is 19.3. The molecule has 0 aliphatic carbocycles. The molecule has 0 saturated carbocycles. The molecule has 0 rings (SSSR count). The molecule has 0 aromatic heterocycles. The number of aliphatic hydroxyl groups is 1. The Morgan fingerprint density at radius 2 is 2.06 bits per heavy atom. The van der Waals surface area contributed by atoms with Crippen molar-refractivity contribution in [3.8, 4) is 0 Å². The number of rotatable bonds is 8. The Balaban J connectivity index is 4.07. The minimum absolute atomic E-state index is 0.248. The summed E-state index contributed by atoms with van der Waals surface area (Å²) in [4.78, 5) is 11.4. The van der Waals surface area contributed by atoms with E-state index in [2.05, 4.69) is 5.32 Å². The fraction of sp³-hybridized carbons (Fsp3) is 0.900. The van der Waals surface area contributed by atoms with E-state index in [4.69, 9.17) is 9.84 Å². The summed E-state index contributed by atoms with van der Waals surface area (Å²) >= 11 is 0. The Bertz CT molecular complexity index is 203. The molecule has 2 N–H and O–H groups in total. The van der Waals surface area contributed by atoms with Gasteiger partial charge in [0.2, 0.25) is 0 Å². The van der Waals surface area contributed by atoms with Gasteiger partial charge in [0.1, 0.15) is 12.1 Å². The molecule has 2 atom stereocenters. The molecule has 0 bridgehead atoms. The maximum atomic E-state index is 12.0. The third-order valence-corrected chi connectivity index (χ3v) is 2.01. The summed E-state index contributed by atoms with van der Waals surface area (Å²) in [5.41, 5.74) is 0. The van der Waals surface area contributed by atoms with Crippen LogP contribution in [0.4, 0.5) is 8.78 Å².